The van der Waals surface area contributed by atoms with Crippen molar-refractivity contribution in [1.82, 2.24) is 0 Å². The van der Waals surface area contributed by atoms with Crippen molar-refractivity contribution in [1.29, 1.82) is 0 Å². The standard InChI is InChI=1S/C9H20O2S/c1-8(2)6-4-5-7-9(3)12(10)11/h8-9,12H,4-7H2,1-3H3. The van der Waals surface area contributed by atoms with E-state index in [9.17, 15) is 8.42 Å². The Morgan fingerprint density at radius 3 is 1.92 bits per heavy atom. The average molecular weight is 192 g/mol. The van der Waals surface area contributed by atoms with E-state index in [1.165, 1.54) is 6.42 Å². The van der Waals surface area contributed by atoms with Gasteiger partial charge in [0.25, 0.3) is 0 Å². The molecule has 0 heterocycles. The first-order valence-electron chi connectivity index (χ1n) is 4.67. The second-order valence-electron chi connectivity index (χ2n) is 3.81. The summed E-state index contributed by atoms with van der Waals surface area (Å²) in [6.45, 7) is 6.16. The van der Waals surface area contributed by atoms with Gasteiger partial charge in [0.15, 0.2) is 0 Å². The minimum Gasteiger partial charge on any atom is -0.232 e. The highest BCUT2D eigenvalue weighted by atomic mass is 32.2. The number of hydrogen-bond acceptors (Lipinski definition) is 2. The molecule has 0 spiro atoms. The third-order valence-electron chi connectivity index (χ3n) is 2.01. The number of unbranched alkanes of at least 4 members (excludes halogenated alkanes) is 1. The molecule has 0 aliphatic rings. The molecule has 0 aromatic heterocycles. The molecule has 2 nitrogen and oxygen atoms in total. The van der Waals surface area contributed by atoms with Crippen LogP contribution in [-0.2, 0) is 10.7 Å². The Morgan fingerprint density at radius 2 is 1.50 bits per heavy atom. The third kappa shape index (κ3) is 6.65. The Morgan fingerprint density at radius 1 is 1.00 bits per heavy atom. The van der Waals surface area contributed by atoms with Crippen molar-refractivity contribution in [2.45, 2.75) is 51.7 Å². The van der Waals surface area contributed by atoms with Crippen LogP contribution in [0.15, 0.2) is 0 Å². The molecule has 0 radical (unpaired) electrons. The molecule has 0 N–H and O–H groups in total. The minimum atomic E-state index is -2.19. The third-order valence-corrected chi connectivity index (χ3v) is 2.99. The summed E-state index contributed by atoms with van der Waals surface area (Å²) >= 11 is 0. The van der Waals surface area contributed by atoms with Crippen molar-refractivity contribution >= 4 is 10.7 Å². The van der Waals surface area contributed by atoms with Crippen LogP contribution in [0.2, 0.25) is 0 Å². The second kappa shape index (κ2) is 6.46. The zero-order valence-electron chi connectivity index (χ0n) is 8.25. The van der Waals surface area contributed by atoms with Gasteiger partial charge in [-0.05, 0) is 19.3 Å². The maximum atomic E-state index is 10.5. The van der Waals surface area contributed by atoms with E-state index in [2.05, 4.69) is 13.8 Å². The molecule has 0 saturated heterocycles. The molecule has 3 heteroatoms. The summed E-state index contributed by atoms with van der Waals surface area (Å²) in [6, 6.07) is 0. The summed E-state index contributed by atoms with van der Waals surface area (Å²) in [5, 5.41) is -0.132. The summed E-state index contributed by atoms with van der Waals surface area (Å²) < 4.78 is 20.9. The van der Waals surface area contributed by atoms with Crippen molar-refractivity contribution < 1.29 is 8.42 Å². The van der Waals surface area contributed by atoms with E-state index in [4.69, 9.17) is 0 Å². The SMILES string of the molecule is CC(C)CCCCC(C)[SH](=O)=O. The molecule has 0 aliphatic carbocycles. The Bertz CT molecular complexity index is 165. The van der Waals surface area contributed by atoms with Gasteiger partial charge < -0.3 is 0 Å². The quantitative estimate of drug-likeness (QED) is 0.517. The molecule has 0 bridgehead atoms. The largest absolute Gasteiger partial charge is 0.232 e. The van der Waals surface area contributed by atoms with Crippen molar-refractivity contribution in [3.8, 4) is 0 Å². The number of hydrogen-bond donors (Lipinski definition) is 1. The van der Waals surface area contributed by atoms with Crippen LogP contribution in [0.1, 0.15) is 46.5 Å². The van der Waals surface area contributed by atoms with Crippen LogP contribution in [0.4, 0.5) is 0 Å². The van der Waals surface area contributed by atoms with Gasteiger partial charge in [0, 0.05) is 0 Å². The van der Waals surface area contributed by atoms with Crippen LogP contribution < -0.4 is 0 Å². The van der Waals surface area contributed by atoms with Gasteiger partial charge in [-0.15, -0.1) is 0 Å². The fourth-order valence-corrected chi connectivity index (χ4v) is 1.49. The van der Waals surface area contributed by atoms with Gasteiger partial charge in [0.2, 0.25) is 0 Å². The first-order valence-corrected chi connectivity index (χ1v) is 5.92. The lowest BCUT2D eigenvalue weighted by molar-refractivity contribution is 0.521. The Balaban J connectivity index is 3.31. The molecule has 0 aliphatic heterocycles. The molecule has 12 heavy (non-hydrogen) atoms. The van der Waals surface area contributed by atoms with Crippen molar-refractivity contribution in [2.24, 2.45) is 5.92 Å². The van der Waals surface area contributed by atoms with Crippen LogP contribution in [-0.4, -0.2) is 13.7 Å². The molecule has 0 aromatic carbocycles. The van der Waals surface area contributed by atoms with Gasteiger partial charge in [-0.1, -0.05) is 33.1 Å². The number of thiol groups is 1. The lowest BCUT2D eigenvalue weighted by atomic mass is 10.0. The Hall–Kier alpha value is -0.0500. The monoisotopic (exact) mass is 192 g/mol. The van der Waals surface area contributed by atoms with Crippen LogP contribution in [0.25, 0.3) is 0 Å². The van der Waals surface area contributed by atoms with Crippen molar-refractivity contribution in [2.75, 3.05) is 0 Å². The summed E-state index contributed by atoms with van der Waals surface area (Å²) in [5.41, 5.74) is 0. The molecule has 0 aromatic rings. The van der Waals surface area contributed by atoms with E-state index in [1.54, 1.807) is 6.92 Å². The lowest BCUT2D eigenvalue weighted by Crippen LogP contribution is -2.03. The zero-order chi connectivity index (χ0) is 9.56. The molecule has 0 fully saturated rings. The van der Waals surface area contributed by atoms with Gasteiger partial charge in [-0.25, -0.2) is 8.42 Å². The van der Waals surface area contributed by atoms with E-state index in [-0.39, 0.29) is 5.25 Å². The van der Waals surface area contributed by atoms with Crippen LogP contribution in [0, 0.1) is 5.92 Å². The Kier molecular flexibility index (Phi) is 6.44. The van der Waals surface area contributed by atoms with Crippen LogP contribution >= 0.6 is 0 Å². The molecule has 0 saturated carbocycles. The Labute approximate surface area is 77.3 Å². The predicted molar refractivity (Wildman–Crippen MR) is 53.1 cm³/mol. The smallest absolute Gasteiger partial charge is 0.142 e. The predicted octanol–water partition coefficient (Wildman–Crippen LogP) is 2.20. The molecule has 1 unspecified atom stereocenters. The summed E-state index contributed by atoms with van der Waals surface area (Å²) in [7, 11) is -2.19. The fraction of sp³-hybridized carbons (Fsp3) is 1.00. The zero-order valence-corrected chi connectivity index (χ0v) is 9.14. The number of rotatable bonds is 6. The first-order chi connectivity index (χ1) is 5.54. The molecule has 0 amide bonds. The van der Waals surface area contributed by atoms with Crippen LogP contribution in [0.5, 0.6) is 0 Å². The van der Waals surface area contributed by atoms with E-state index in [1.807, 2.05) is 0 Å². The second-order valence-corrected chi connectivity index (χ2v) is 5.26. The summed E-state index contributed by atoms with van der Waals surface area (Å²) in [5.74, 6) is 0.737. The molecule has 0 rings (SSSR count). The highest BCUT2D eigenvalue weighted by molar-refractivity contribution is 7.73. The van der Waals surface area contributed by atoms with Gasteiger partial charge in [-0.2, -0.15) is 0 Å². The normalized spacial score (nSPS) is 14.1. The topological polar surface area (TPSA) is 34.1 Å². The van der Waals surface area contributed by atoms with E-state index >= 15 is 0 Å². The summed E-state index contributed by atoms with van der Waals surface area (Å²) in [4.78, 5) is 0. The van der Waals surface area contributed by atoms with Crippen molar-refractivity contribution in [3.63, 3.8) is 0 Å². The highest BCUT2D eigenvalue weighted by Crippen LogP contribution is 2.10. The van der Waals surface area contributed by atoms with E-state index < -0.39 is 10.7 Å². The van der Waals surface area contributed by atoms with E-state index in [0.29, 0.717) is 0 Å². The molecule has 1 atom stereocenters. The highest BCUT2D eigenvalue weighted by Gasteiger charge is 2.03. The maximum Gasteiger partial charge on any atom is 0.142 e. The van der Waals surface area contributed by atoms with Crippen LogP contribution in [0.3, 0.4) is 0 Å². The lowest BCUT2D eigenvalue weighted by Gasteiger charge is -2.05. The first kappa shape index (κ1) is 11.9. The molecule has 74 valence electrons. The molecular weight excluding hydrogens is 172 g/mol. The van der Waals surface area contributed by atoms with Crippen molar-refractivity contribution in [3.05, 3.63) is 0 Å². The average Bonchev–Trinajstić information content (AvgIpc) is 1.97. The summed E-state index contributed by atoms with van der Waals surface area (Å²) in [6.07, 6.45) is 4.24. The van der Waals surface area contributed by atoms with E-state index in [0.717, 1.165) is 25.2 Å². The molecular formula is C9H20O2S. The fourth-order valence-electron chi connectivity index (χ4n) is 1.10. The minimum absolute atomic E-state index is 0.132. The van der Waals surface area contributed by atoms with Gasteiger partial charge in [-0.3, -0.25) is 0 Å². The maximum absolute atomic E-state index is 10.5. The van der Waals surface area contributed by atoms with Gasteiger partial charge >= 0.3 is 0 Å². The van der Waals surface area contributed by atoms with Gasteiger partial charge in [0.05, 0.1) is 5.25 Å². The van der Waals surface area contributed by atoms with Gasteiger partial charge in [0.1, 0.15) is 10.7 Å².